The lowest BCUT2D eigenvalue weighted by Crippen LogP contribution is -2.33. The molecular formula is C22H18Cl2N2O3. The van der Waals surface area contributed by atoms with Gasteiger partial charge < -0.3 is 10.5 Å². The number of hydrogen-bond acceptors (Lipinski definition) is 4. The second-order valence-electron chi connectivity index (χ2n) is 8.50. The minimum atomic E-state index is -0.505. The van der Waals surface area contributed by atoms with Gasteiger partial charge in [0.05, 0.1) is 22.2 Å². The number of carbonyl (C=O) groups excluding carboxylic acids is 2. The van der Waals surface area contributed by atoms with E-state index in [0.29, 0.717) is 56.7 Å². The van der Waals surface area contributed by atoms with E-state index < -0.39 is 5.92 Å². The molecule has 0 amide bonds. The lowest BCUT2D eigenvalue weighted by Gasteiger charge is -2.36. The first kappa shape index (κ1) is 18.5. The number of nitrogens with two attached hydrogens (primary N) is 1. The molecule has 1 aliphatic carbocycles. The van der Waals surface area contributed by atoms with Gasteiger partial charge in [0.1, 0.15) is 5.76 Å². The third kappa shape index (κ3) is 2.61. The highest BCUT2D eigenvalue weighted by Gasteiger charge is 2.49. The molecule has 5 nitrogen and oxygen atoms in total. The largest absolute Gasteiger partial charge is 0.445 e. The molecule has 0 radical (unpaired) electrons. The summed E-state index contributed by atoms with van der Waals surface area (Å²) in [5, 5.41) is 0.951. The summed E-state index contributed by atoms with van der Waals surface area (Å²) in [5.74, 6) is -0.153. The highest BCUT2D eigenvalue weighted by Crippen LogP contribution is 2.52. The van der Waals surface area contributed by atoms with Crippen molar-refractivity contribution >= 4 is 34.9 Å². The molecule has 2 N–H and O–H groups in total. The number of carbonyl (C=O) groups is 2. The average Bonchev–Trinajstić information content (AvgIpc) is 3.14. The van der Waals surface area contributed by atoms with Crippen LogP contribution in [0.4, 0.5) is 0 Å². The first-order valence-corrected chi connectivity index (χ1v) is 10.1. The second-order valence-corrected chi connectivity index (χ2v) is 9.34. The third-order valence-electron chi connectivity index (χ3n) is 5.80. The Balaban J connectivity index is 1.71. The molecule has 1 aromatic carbocycles. The number of ketones is 1. The molecule has 148 valence electrons. The van der Waals surface area contributed by atoms with Crippen molar-refractivity contribution in [3.63, 3.8) is 0 Å². The fourth-order valence-corrected chi connectivity index (χ4v) is 5.13. The minimum Gasteiger partial charge on any atom is -0.445 e. The molecule has 0 bridgehead atoms. The number of fused-ring (bicyclic) bond motifs is 4. The van der Waals surface area contributed by atoms with Crippen molar-refractivity contribution in [1.82, 2.24) is 4.57 Å². The van der Waals surface area contributed by atoms with Crippen molar-refractivity contribution in [2.75, 3.05) is 0 Å². The van der Waals surface area contributed by atoms with Crippen LogP contribution in [-0.4, -0.2) is 16.3 Å². The van der Waals surface area contributed by atoms with Crippen molar-refractivity contribution in [3.8, 4) is 11.3 Å². The number of aromatic nitrogens is 1. The SMILES string of the molecule is CC1(C)CC(=O)C2=C(C1)OC(N)=C1C(=O)n3c(-c4ccc(Cl)cc4Cl)ccc3C12. The van der Waals surface area contributed by atoms with Crippen LogP contribution in [0.15, 0.2) is 53.1 Å². The number of hydrogen-bond donors (Lipinski definition) is 1. The van der Waals surface area contributed by atoms with E-state index in [4.69, 9.17) is 33.7 Å². The van der Waals surface area contributed by atoms with Gasteiger partial charge in [-0.15, -0.1) is 0 Å². The number of allylic oxidation sites excluding steroid dienone is 3. The van der Waals surface area contributed by atoms with Crippen molar-refractivity contribution < 1.29 is 14.3 Å². The maximum Gasteiger partial charge on any atom is 0.264 e. The fourth-order valence-electron chi connectivity index (χ4n) is 4.62. The van der Waals surface area contributed by atoms with Crippen molar-refractivity contribution in [2.24, 2.45) is 11.1 Å². The van der Waals surface area contributed by atoms with Crippen LogP contribution in [0.2, 0.25) is 10.0 Å². The second kappa shape index (κ2) is 6.00. The summed E-state index contributed by atoms with van der Waals surface area (Å²) in [6.07, 6.45) is 1.01. The molecule has 7 heteroatoms. The number of benzene rings is 1. The fraction of sp³-hybridized carbons (Fsp3) is 0.273. The highest BCUT2D eigenvalue weighted by molar-refractivity contribution is 6.36. The quantitative estimate of drug-likeness (QED) is 0.689. The number of ether oxygens (including phenoxy) is 1. The van der Waals surface area contributed by atoms with Gasteiger partial charge in [0.25, 0.3) is 5.91 Å². The zero-order chi connectivity index (χ0) is 20.7. The zero-order valence-corrected chi connectivity index (χ0v) is 17.4. The van der Waals surface area contributed by atoms with Gasteiger partial charge in [0.15, 0.2) is 11.7 Å². The molecule has 0 saturated carbocycles. The van der Waals surface area contributed by atoms with Crippen LogP contribution in [-0.2, 0) is 9.53 Å². The normalized spacial score (nSPS) is 22.4. The molecule has 1 aromatic heterocycles. The van der Waals surface area contributed by atoms with Crippen molar-refractivity contribution in [2.45, 2.75) is 32.6 Å². The minimum absolute atomic E-state index is 0.000208. The monoisotopic (exact) mass is 428 g/mol. The van der Waals surface area contributed by atoms with Gasteiger partial charge in [-0.2, -0.15) is 0 Å². The maximum absolute atomic E-state index is 13.3. The Labute approximate surface area is 177 Å². The summed E-state index contributed by atoms with van der Waals surface area (Å²) in [5.41, 5.74) is 8.84. The standard InChI is InChI=1S/C22H18Cl2N2O3/c1-22(2)8-15(27)18-16(9-22)29-20(25)19-17(18)14-6-5-13(26(14)21(19)28)11-4-3-10(23)7-12(11)24/h3-7,17H,8-9,25H2,1-2H3. The van der Waals surface area contributed by atoms with Gasteiger partial charge in [-0.05, 0) is 35.7 Å². The van der Waals surface area contributed by atoms with E-state index in [1.165, 1.54) is 0 Å². The highest BCUT2D eigenvalue weighted by atomic mass is 35.5. The molecule has 0 spiro atoms. The van der Waals surface area contributed by atoms with E-state index in [0.717, 1.165) is 0 Å². The predicted molar refractivity (Wildman–Crippen MR) is 111 cm³/mol. The Morgan fingerprint density at radius 3 is 2.59 bits per heavy atom. The Bertz CT molecular complexity index is 1190. The summed E-state index contributed by atoms with van der Waals surface area (Å²) in [6, 6.07) is 8.82. The molecule has 3 aliphatic rings. The van der Waals surface area contributed by atoms with Crippen LogP contribution in [0.1, 0.15) is 43.1 Å². The molecule has 0 fully saturated rings. The first-order chi connectivity index (χ1) is 13.7. The van der Waals surface area contributed by atoms with E-state index in [9.17, 15) is 9.59 Å². The van der Waals surface area contributed by atoms with E-state index in [1.807, 2.05) is 26.0 Å². The third-order valence-corrected chi connectivity index (χ3v) is 6.35. The van der Waals surface area contributed by atoms with E-state index >= 15 is 0 Å². The number of nitrogens with zero attached hydrogens (tertiary/aromatic N) is 1. The lowest BCUT2D eigenvalue weighted by molar-refractivity contribution is -0.119. The zero-order valence-electron chi connectivity index (χ0n) is 15.9. The summed E-state index contributed by atoms with van der Waals surface area (Å²) < 4.78 is 7.38. The topological polar surface area (TPSA) is 74.3 Å². The van der Waals surface area contributed by atoms with E-state index in [2.05, 4.69) is 0 Å². The van der Waals surface area contributed by atoms with Crippen LogP contribution < -0.4 is 5.73 Å². The van der Waals surface area contributed by atoms with Crippen molar-refractivity contribution in [3.05, 3.63) is 68.9 Å². The van der Waals surface area contributed by atoms with Gasteiger partial charge in [-0.1, -0.05) is 37.0 Å². The lowest BCUT2D eigenvalue weighted by atomic mass is 9.71. The molecule has 5 rings (SSSR count). The van der Waals surface area contributed by atoms with Gasteiger partial charge in [-0.3, -0.25) is 14.2 Å². The molecule has 0 saturated heterocycles. The van der Waals surface area contributed by atoms with Crippen molar-refractivity contribution in [1.29, 1.82) is 0 Å². The molecule has 1 atom stereocenters. The molecule has 3 heterocycles. The van der Waals surface area contributed by atoms with E-state index in [-0.39, 0.29) is 23.0 Å². The Hall–Kier alpha value is -2.50. The number of Topliss-reactive ketones (excluding diaryl/α,β-unsaturated/α-hetero) is 1. The summed E-state index contributed by atoms with van der Waals surface area (Å²) in [7, 11) is 0. The van der Waals surface area contributed by atoms with Crippen LogP contribution in [0, 0.1) is 5.41 Å². The van der Waals surface area contributed by atoms with Gasteiger partial charge >= 0.3 is 0 Å². The van der Waals surface area contributed by atoms with Crippen LogP contribution >= 0.6 is 23.2 Å². The molecule has 2 aliphatic heterocycles. The predicted octanol–water partition coefficient (Wildman–Crippen LogP) is 5.04. The maximum atomic E-state index is 13.3. The summed E-state index contributed by atoms with van der Waals surface area (Å²) in [6.45, 7) is 4.05. The summed E-state index contributed by atoms with van der Waals surface area (Å²) >= 11 is 12.4. The van der Waals surface area contributed by atoms with Gasteiger partial charge in [0, 0.05) is 34.7 Å². The summed E-state index contributed by atoms with van der Waals surface area (Å²) in [4.78, 5) is 26.3. The van der Waals surface area contributed by atoms with Crippen LogP contribution in [0.5, 0.6) is 0 Å². The molecule has 29 heavy (non-hydrogen) atoms. The first-order valence-electron chi connectivity index (χ1n) is 9.33. The number of rotatable bonds is 1. The molecule has 2 aromatic rings. The Morgan fingerprint density at radius 1 is 1.10 bits per heavy atom. The van der Waals surface area contributed by atoms with Crippen LogP contribution in [0.3, 0.4) is 0 Å². The number of halogens is 2. The molecule has 1 unspecified atom stereocenters. The van der Waals surface area contributed by atoms with E-state index in [1.54, 1.807) is 22.8 Å². The Kier molecular flexibility index (Phi) is 3.83. The Morgan fingerprint density at radius 2 is 1.86 bits per heavy atom. The smallest absolute Gasteiger partial charge is 0.264 e. The van der Waals surface area contributed by atoms with Gasteiger partial charge in [0.2, 0.25) is 0 Å². The average molecular weight is 429 g/mol. The van der Waals surface area contributed by atoms with Crippen LogP contribution in [0.25, 0.3) is 11.3 Å². The van der Waals surface area contributed by atoms with Gasteiger partial charge in [-0.25, -0.2) is 0 Å². The molecular weight excluding hydrogens is 411 g/mol.